The molecule has 2 aromatic heterocycles. The van der Waals surface area contributed by atoms with E-state index in [-0.39, 0.29) is 36.5 Å². The van der Waals surface area contributed by atoms with Crippen molar-refractivity contribution in [2.45, 2.75) is 83.8 Å². The van der Waals surface area contributed by atoms with E-state index in [9.17, 15) is 14.4 Å². The fourth-order valence-corrected chi connectivity index (χ4v) is 4.01. The molecule has 35 heavy (non-hydrogen) atoms. The van der Waals surface area contributed by atoms with Crippen molar-refractivity contribution in [1.82, 2.24) is 19.5 Å². The first-order valence-corrected chi connectivity index (χ1v) is 12.1. The van der Waals surface area contributed by atoms with Crippen molar-refractivity contribution >= 4 is 47.2 Å². The Morgan fingerprint density at radius 1 is 1.06 bits per heavy atom. The third kappa shape index (κ3) is 6.34. The molecule has 3 rings (SSSR count). The van der Waals surface area contributed by atoms with Crippen LogP contribution in [0.3, 0.4) is 0 Å². The zero-order chi connectivity index (χ0) is 25.5. The topological polar surface area (TPSA) is 161 Å². The van der Waals surface area contributed by atoms with Crippen LogP contribution in [0.4, 0.5) is 5.95 Å². The number of nitrogens with two attached hydrogens (primary N) is 1. The second kappa shape index (κ2) is 12.1. The summed E-state index contributed by atoms with van der Waals surface area (Å²) in [5, 5.41) is 0. The smallest absolute Gasteiger partial charge is 0.306 e. The highest BCUT2D eigenvalue weighted by molar-refractivity contribution is 7.71. The molecule has 12 nitrogen and oxygen atoms in total. The molecule has 0 aliphatic carbocycles. The number of fused-ring (bicyclic) bond motifs is 1. The minimum Gasteiger partial charge on any atom is -0.463 e. The maximum absolute atomic E-state index is 12.5. The predicted molar refractivity (Wildman–Crippen MR) is 126 cm³/mol. The van der Waals surface area contributed by atoms with Crippen LogP contribution in [0.5, 0.6) is 0 Å². The van der Waals surface area contributed by atoms with Crippen molar-refractivity contribution in [2.24, 2.45) is 0 Å². The maximum atomic E-state index is 12.5. The van der Waals surface area contributed by atoms with Gasteiger partial charge in [-0.15, -0.1) is 0 Å². The van der Waals surface area contributed by atoms with Crippen molar-refractivity contribution in [3.05, 3.63) is 11.0 Å². The van der Waals surface area contributed by atoms with Crippen LogP contribution in [0.15, 0.2) is 6.33 Å². The Kier molecular flexibility index (Phi) is 9.15. The van der Waals surface area contributed by atoms with Crippen LogP contribution in [0.1, 0.15) is 65.5 Å². The van der Waals surface area contributed by atoms with E-state index in [1.54, 1.807) is 4.57 Å². The van der Waals surface area contributed by atoms with Gasteiger partial charge in [0.15, 0.2) is 29.0 Å². The number of carbonyl (C=O) groups excluding carboxylic acids is 3. The first-order valence-electron chi connectivity index (χ1n) is 11.7. The molecule has 0 bridgehead atoms. The summed E-state index contributed by atoms with van der Waals surface area (Å²) in [5.41, 5.74) is 6.61. The molecule has 13 heteroatoms. The number of nitrogen functional groups attached to an aromatic ring is 1. The van der Waals surface area contributed by atoms with E-state index < -0.39 is 42.4 Å². The second-order valence-electron chi connectivity index (χ2n) is 8.18. The van der Waals surface area contributed by atoms with Crippen molar-refractivity contribution in [3.8, 4) is 0 Å². The maximum Gasteiger partial charge on any atom is 0.306 e. The molecule has 192 valence electrons. The number of aromatic nitrogens is 4. The van der Waals surface area contributed by atoms with E-state index in [2.05, 4.69) is 15.0 Å². The van der Waals surface area contributed by atoms with Crippen LogP contribution in [0.25, 0.3) is 11.2 Å². The largest absolute Gasteiger partial charge is 0.463 e. The van der Waals surface area contributed by atoms with Crippen LogP contribution >= 0.6 is 12.2 Å². The van der Waals surface area contributed by atoms with Crippen molar-refractivity contribution in [2.75, 3.05) is 12.3 Å². The zero-order valence-corrected chi connectivity index (χ0v) is 20.8. The molecule has 1 aliphatic rings. The Hall–Kier alpha value is -3.06. The zero-order valence-electron chi connectivity index (χ0n) is 20.0. The summed E-state index contributed by atoms with van der Waals surface area (Å²) in [4.78, 5) is 48.2. The molecular formula is C22H31N5O7S. The molecule has 4 atom stereocenters. The lowest BCUT2D eigenvalue weighted by Gasteiger charge is -2.25. The van der Waals surface area contributed by atoms with Crippen LogP contribution in [0, 0.1) is 4.64 Å². The molecule has 0 amide bonds. The number of aromatic amines is 1. The molecule has 0 unspecified atom stereocenters. The molecule has 0 saturated carbocycles. The van der Waals surface area contributed by atoms with Crippen LogP contribution in [-0.2, 0) is 33.3 Å². The van der Waals surface area contributed by atoms with E-state index in [1.807, 2.05) is 20.8 Å². The number of hydrogen-bond donors (Lipinski definition) is 2. The second-order valence-corrected chi connectivity index (χ2v) is 8.57. The summed E-state index contributed by atoms with van der Waals surface area (Å²) in [6.07, 6.45) is -0.146. The Morgan fingerprint density at radius 3 is 2.29 bits per heavy atom. The van der Waals surface area contributed by atoms with Gasteiger partial charge in [-0.3, -0.25) is 19.0 Å². The molecule has 0 aromatic carbocycles. The fourth-order valence-electron chi connectivity index (χ4n) is 3.76. The monoisotopic (exact) mass is 509 g/mol. The summed E-state index contributed by atoms with van der Waals surface area (Å²) in [5.74, 6) is -1.30. The molecule has 3 heterocycles. The molecule has 3 N–H and O–H groups in total. The SMILES string of the molecule is CCCC(=O)OC[C@H]1O[C@@H](n2cnc3c(=S)nc(N)[nH]c32)[C@@H](OC(=O)CCC)[C@@H]1OC(=O)CCC. The van der Waals surface area contributed by atoms with Gasteiger partial charge in [-0.25, -0.2) is 9.97 Å². The number of nitrogens with zero attached hydrogens (tertiary/aromatic N) is 3. The van der Waals surface area contributed by atoms with Crippen molar-refractivity contribution in [1.29, 1.82) is 0 Å². The van der Waals surface area contributed by atoms with Gasteiger partial charge in [0.05, 0.1) is 6.33 Å². The van der Waals surface area contributed by atoms with Crippen LogP contribution in [-0.4, -0.2) is 62.3 Å². The summed E-state index contributed by atoms with van der Waals surface area (Å²) in [7, 11) is 0. The van der Waals surface area contributed by atoms with E-state index >= 15 is 0 Å². The Morgan fingerprint density at radius 2 is 1.66 bits per heavy atom. The van der Waals surface area contributed by atoms with E-state index in [0.717, 1.165) is 0 Å². The quantitative estimate of drug-likeness (QED) is 0.260. The fraction of sp³-hybridized carbons (Fsp3) is 0.636. The average molecular weight is 510 g/mol. The van der Waals surface area contributed by atoms with E-state index in [0.29, 0.717) is 30.4 Å². The van der Waals surface area contributed by atoms with Gasteiger partial charge in [0.2, 0.25) is 0 Å². The van der Waals surface area contributed by atoms with Gasteiger partial charge < -0.3 is 29.7 Å². The highest BCUT2D eigenvalue weighted by Crippen LogP contribution is 2.36. The number of H-pyrrole nitrogens is 1. The lowest BCUT2D eigenvalue weighted by atomic mass is 10.1. The summed E-state index contributed by atoms with van der Waals surface area (Å²) in [6.45, 7) is 5.36. The third-order valence-corrected chi connectivity index (χ3v) is 5.62. The number of esters is 3. The number of anilines is 1. The van der Waals surface area contributed by atoms with Gasteiger partial charge in [0.1, 0.15) is 23.9 Å². The van der Waals surface area contributed by atoms with Gasteiger partial charge in [-0.1, -0.05) is 33.0 Å². The van der Waals surface area contributed by atoms with Crippen LogP contribution in [0.2, 0.25) is 0 Å². The molecule has 1 aliphatic heterocycles. The minimum atomic E-state index is -1.04. The molecular weight excluding hydrogens is 478 g/mol. The number of nitrogens with one attached hydrogen (secondary N) is 1. The molecule has 1 fully saturated rings. The molecule has 2 aromatic rings. The normalized spacial score (nSPS) is 21.7. The first-order chi connectivity index (χ1) is 16.8. The lowest BCUT2D eigenvalue weighted by Crippen LogP contribution is -2.41. The van der Waals surface area contributed by atoms with Crippen molar-refractivity contribution in [3.63, 3.8) is 0 Å². The summed E-state index contributed by atoms with van der Waals surface area (Å²) >= 11 is 5.25. The van der Waals surface area contributed by atoms with Gasteiger partial charge in [0.25, 0.3) is 0 Å². The minimum absolute atomic E-state index is 0.0674. The standard InChI is InChI=1S/C22H31N5O7S/c1-4-7-13(28)31-10-12-17(33-14(29)8-5-2)18(34-15(30)9-6-3)21(32-12)27-11-24-16-19(27)25-22(23)26-20(16)35/h11-12,17-18,21H,4-10H2,1-3H3,(H3,23,25,26,35)/t12-,17-,18+,21-/m1/s1. The molecule has 1 saturated heterocycles. The van der Waals surface area contributed by atoms with Gasteiger partial charge >= 0.3 is 17.9 Å². The molecule has 0 radical (unpaired) electrons. The third-order valence-electron chi connectivity index (χ3n) is 5.33. The lowest BCUT2D eigenvalue weighted by molar-refractivity contribution is -0.169. The number of ether oxygens (including phenoxy) is 4. The number of carbonyl (C=O) groups is 3. The Labute approximate surface area is 207 Å². The van der Waals surface area contributed by atoms with Gasteiger partial charge in [-0.2, -0.15) is 0 Å². The number of hydrogen-bond acceptors (Lipinski definition) is 11. The van der Waals surface area contributed by atoms with E-state index in [1.165, 1.54) is 6.33 Å². The highest BCUT2D eigenvalue weighted by Gasteiger charge is 2.51. The van der Waals surface area contributed by atoms with Gasteiger partial charge in [0, 0.05) is 19.3 Å². The molecule has 0 spiro atoms. The average Bonchev–Trinajstić information content (AvgIpc) is 3.34. The van der Waals surface area contributed by atoms with Crippen LogP contribution < -0.4 is 5.73 Å². The predicted octanol–water partition coefficient (Wildman–Crippen LogP) is 2.74. The number of rotatable bonds is 11. The first kappa shape index (κ1) is 26.5. The summed E-state index contributed by atoms with van der Waals surface area (Å²) < 4.78 is 24.7. The Bertz CT molecular complexity index is 1120. The summed E-state index contributed by atoms with van der Waals surface area (Å²) in [6, 6.07) is 0. The van der Waals surface area contributed by atoms with E-state index in [4.69, 9.17) is 36.9 Å². The number of imidazole rings is 1. The highest BCUT2D eigenvalue weighted by atomic mass is 32.1. The Balaban J connectivity index is 2.01. The van der Waals surface area contributed by atoms with Crippen molar-refractivity contribution < 1.29 is 33.3 Å². The van der Waals surface area contributed by atoms with Gasteiger partial charge in [-0.05, 0) is 19.3 Å².